The Morgan fingerprint density at radius 2 is 1.79 bits per heavy atom. The summed E-state index contributed by atoms with van der Waals surface area (Å²) in [6.07, 6.45) is 1.98. The van der Waals surface area contributed by atoms with Gasteiger partial charge in [0.25, 0.3) is 0 Å². The van der Waals surface area contributed by atoms with E-state index in [0.717, 1.165) is 38.5 Å². The molecule has 0 aromatic heterocycles. The smallest absolute Gasteiger partial charge is 0.191 e. The van der Waals surface area contributed by atoms with E-state index in [1.165, 1.54) is 11.1 Å². The van der Waals surface area contributed by atoms with Gasteiger partial charge in [0.1, 0.15) is 0 Å². The summed E-state index contributed by atoms with van der Waals surface area (Å²) in [4.78, 5) is 4.67. The average molecular weight is 449 g/mol. The highest BCUT2D eigenvalue weighted by Crippen LogP contribution is 2.10. The van der Waals surface area contributed by atoms with Crippen molar-refractivity contribution in [1.29, 1.82) is 0 Å². The Bertz CT molecular complexity index is 456. The zero-order valence-corrected chi connectivity index (χ0v) is 17.5. The number of nitrogens with one attached hydrogen (secondary N) is 2. The Labute approximate surface area is 163 Å². The Morgan fingerprint density at radius 1 is 1.04 bits per heavy atom. The largest absolute Gasteiger partial charge is 0.382 e. The molecule has 0 fully saturated rings. The first-order valence-corrected chi connectivity index (χ1v) is 8.47. The fourth-order valence-electron chi connectivity index (χ4n) is 2.19. The molecule has 0 saturated carbocycles. The number of hydrogen-bond donors (Lipinski definition) is 2. The van der Waals surface area contributed by atoms with Crippen LogP contribution in [0.15, 0.2) is 29.3 Å². The predicted molar refractivity (Wildman–Crippen MR) is 111 cm³/mol. The summed E-state index contributed by atoms with van der Waals surface area (Å²) in [7, 11) is 1.68. The number of rotatable bonds is 11. The van der Waals surface area contributed by atoms with E-state index in [9.17, 15) is 0 Å². The molecule has 1 rings (SSSR count). The SMILES string of the molecule is CCNC(=NCc1ccccc1CC)NCCCOCCOC.I. The summed E-state index contributed by atoms with van der Waals surface area (Å²) in [5, 5.41) is 6.63. The first kappa shape index (κ1) is 23.1. The van der Waals surface area contributed by atoms with Crippen LogP contribution in [-0.2, 0) is 22.4 Å². The molecule has 24 heavy (non-hydrogen) atoms. The highest BCUT2D eigenvalue weighted by Gasteiger charge is 2.01. The third-order valence-corrected chi connectivity index (χ3v) is 3.44. The van der Waals surface area contributed by atoms with Crippen LogP contribution in [0.25, 0.3) is 0 Å². The molecular weight excluding hydrogens is 417 g/mol. The van der Waals surface area contributed by atoms with Gasteiger partial charge in [-0.15, -0.1) is 24.0 Å². The second-order valence-corrected chi connectivity index (χ2v) is 5.20. The fourth-order valence-corrected chi connectivity index (χ4v) is 2.19. The molecule has 0 atom stereocenters. The number of halogens is 1. The minimum Gasteiger partial charge on any atom is -0.382 e. The van der Waals surface area contributed by atoms with Crippen LogP contribution in [0.1, 0.15) is 31.4 Å². The first-order chi connectivity index (χ1) is 11.3. The maximum absolute atomic E-state index is 5.45. The number of aryl methyl sites for hydroxylation is 1. The van der Waals surface area contributed by atoms with Crippen LogP contribution in [-0.4, -0.2) is 46.0 Å². The molecule has 2 N–H and O–H groups in total. The number of nitrogens with zero attached hydrogens (tertiary/aromatic N) is 1. The number of ether oxygens (including phenoxy) is 2. The molecule has 1 aromatic rings. The van der Waals surface area contributed by atoms with Crippen molar-refractivity contribution in [2.45, 2.75) is 33.2 Å². The van der Waals surface area contributed by atoms with E-state index in [1.54, 1.807) is 7.11 Å². The van der Waals surface area contributed by atoms with Gasteiger partial charge in [-0.2, -0.15) is 0 Å². The highest BCUT2D eigenvalue weighted by molar-refractivity contribution is 14.0. The topological polar surface area (TPSA) is 54.9 Å². The lowest BCUT2D eigenvalue weighted by Gasteiger charge is -2.12. The summed E-state index contributed by atoms with van der Waals surface area (Å²) in [5.74, 6) is 0.857. The Kier molecular flexibility index (Phi) is 15.1. The molecular formula is C18H32IN3O2. The van der Waals surface area contributed by atoms with Gasteiger partial charge in [0.2, 0.25) is 0 Å². The third kappa shape index (κ3) is 10.1. The van der Waals surface area contributed by atoms with E-state index in [4.69, 9.17) is 9.47 Å². The van der Waals surface area contributed by atoms with Crippen LogP contribution in [0.5, 0.6) is 0 Å². The minimum absolute atomic E-state index is 0. The number of benzene rings is 1. The molecule has 0 heterocycles. The molecule has 5 nitrogen and oxygen atoms in total. The van der Waals surface area contributed by atoms with Gasteiger partial charge >= 0.3 is 0 Å². The Morgan fingerprint density at radius 3 is 2.46 bits per heavy atom. The van der Waals surface area contributed by atoms with Crippen molar-refractivity contribution in [1.82, 2.24) is 10.6 Å². The van der Waals surface area contributed by atoms with Crippen LogP contribution >= 0.6 is 24.0 Å². The predicted octanol–water partition coefficient (Wildman–Crippen LogP) is 2.98. The molecule has 0 aliphatic heterocycles. The molecule has 1 aromatic carbocycles. The van der Waals surface area contributed by atoms with E-state index >= 15 is 0 Å². The normalized spacial score (nSPS) is 11.0. The van der Waals surface area contributed by atoms with Crippen LogP contribution in [0.2, 0.25) is 0 Å². The molecule has 138 valence electrons. The van der Waals surface area contributed by atoms with Gasteiger partial charge < -0.3 is 20.1 Å². The summed E-state index contributed by atoms with van der Waals surface area (Å²) < 4.78 is 10.4. The highest BCUT2D eigenvalue weighted by atomic mass is 127. The zero-order valence-electron chi connectivity index (χ0n) is 15.1. The summed E-state index contributed by atoms with van der Waals surface area (Å²) >= 11 is 0. The lowest BCUT2D eigenvalue weighted by Crippen LogP contribution is -2.38. The Balaban J connectivity index is 0.00000529. The lowest BCUT2D eigenvalue weighted by atomic mass is 10.1. The van der Waals surface area contributed by atoms with Crippen molar-refractivity contribution in [3.8, 4) is 0 Å². The van der Waals surface area contributed by atoms with Gasteiger partial charge in [0.15, 0.2) is 5.96 Å². The first-order valence-electron chi connectivity index (χ1n) is 8.47. The van der Waals surface area contributed by atoms with Crippen molar-refractivity contribution in [2.24, 2.45) is 4.99 Å². The molecule has 0 spiro atoms. The molecule has 0 unspecified atom stereocenters. The van der Waals surface area contributed by atoms with E-state index in [0.29, 0.717) is 19.8 Å². The number of hydrogen-bond acceptors (Lipinski definition) is 3. The number of methoxy groups -OCH3 is 1. The second-order valence-electron chi connectivity index (χ2n) is 5.20. The van der Waals surface area contributed by atoms with E-state index in [1.807, 2.05) is 0 Å². The van der Waals surface area contributed by atoms with Crippen molar-refractivity contribution in [3.63, 3.8) is 0 Å². The molecule has 0 aliphatic rings. The maximum Gasteiger partial charge on any atom is 0.191 e. The van der Waals surface area contributed by atoms with Crippen LogP contribution in [0.4, 0.5) is 0 Å². The average Bonchev–Trinajstić information content (AvgIpc) is 2.59. The van der Waals surface area contributed by atoms with Crippen LogP contribution < -0.4 is 10.6 Å². The molecule has 0 radical (unpaired) electrons. The third-order valence-electron chi connectivity index (χ3n) is 3.44. The van der Waals surface area contributed by atoms with E-state index in [2.05, 4.69) is 53.7 Å². The zero-order chi connectivity index (χ0) is 16.8. The van der Waals surface area contributed by atoms with Gasteiger partial charge in [-0.3, -0.25) is 0 Å². The van der Waals surface area contributed by atoms with Gasteiger partial charge in [-0.1, -0.05) is 31.2 Å². The lowest BCUT2D eigenvalue weighted by molar-refractivity contribution is 0.0698. The minimum atomic E-state index is 0. The van der Waals surface area contributed by atoms with E-state index < -0.39 is 0 Å². The monoisotopic (exact) mass is 449 g/mol. The van der Waals surface area contributed by atoms with Gasteiger partial charge in [-0.25, -0.2) is 4.99 Å². The summed E-state index contributed by atoms with van der Waals surface area (Å²) in [5.41, 5.74) is 2.65. The second kappa shape index (κ2) is 15.7. The number of guanidine groups is 1. The van der Waals surface area contributed by atoms with Crippen LogP contribution in [0.3, 0.4) is 0 Å². The van der Waals surface area contributed by atoms with Gasteiger partial charge in [-0.05, 0) is 30.9 Å². The standard InChI is InChI=1S/C18H31N3O2.HI/c1-4-16-9-6-7-10-17(16)15-21-18(19-5-2)20-11-8-12-23-14-13-22-3;/h6-7,9-10H,4-5,8,11-15H2,1-3H3,(H2,19,20,21);1H. The molecule has 0 saturated heterocycles. The van der Waals surface area contributed by atoms with E-state index in [-0.39, 0.29) is 24.0 Å². The van der Waals surface area contributed by atoms with Crippen molar-refractivity contribution >= 4 is 29.9 Å². The van der Waals surface area contributed by atoms with Gasteiger partial charge in [0.05, 0.1) is 19.8 Å². The van der Waals surface area contributed by atoms with Crippen molar-refractivity contribution in [2.75, 3.05) is 40.0 Å². The maximum atomic E-state index is 5.45. The number of aliphatic imine (C=N–C) groups is 1. The summed E-state index contributed by atoms with van der Waals surface area (Å²) in [6, 6.07) is 8.47. The fraction of sp³-hybridized carbons (Fsp3) is 0.611. The van der Waals surface area contributed by atoms with Crippen molar-refractivity contribution < 1.29 is 9.47 Å². The molecule has 6 heteroatoms. The molecule has 0 aliphatic carbocycles. The Hall–Kier alpha value is -0.860. The van der Waals surface area contributed by atoms with Gasteiger partial charge in [0, 0.05) is 26.8 Å². The quantitative estimate of drug-likeness (QED) is 0.236. The molecule has 0 amide bonds. The summed E-state index contributed by atoms with van der Waals surface area (Å²) in [6.45, 7) is 8.67. The van der Waals surface area contributed by atoms with Crippen LogP contribution in [0, 0.1) is 0 Å². The molecule has 0 bridgehead atoms. The van der Waals surface area contributed by atoms with Crippen molar-refractivity contribution in [3.05, 3.63) is 35.4 Å².